The molecule has 2 N–H and O–H groups in total. The van der Waals surface area contributed by atoms with Crippen LogP contribution >= 0.6 is 0 Å². The number of methoxy groups -OCH3 is 1. The highest BCUT2D eigenvalue weighted by atomic mass is 16.5. The normalized spacial score (nSPS) is 12.2. The topological polar surface area (TPSA) is 81.4 Å². The lowest BCUT2D eigenvalue weighted by molar-refractivity contribution is 0.0727. The van der Waals surface area contributed by atoms with Gasteiger partial charge in [-0.15, -0.1) is 5.10 Å². The molecule has 0 amide bonds. The van der Waals surface area contributed by atoms with Crippen molar-refractivity contribution in [3.05, 3.63) is 54.1 Å². The number of hydrogen-bond acceptors (Lipinski definition) is 6. The number of aryl methyl sites for hydroxylation is 1. The molecule has 2 aromatic carbocycles. The summed E-state index contributed by atoms with van der Waals surface area (Å²) >= 11 is 0. The monoisotopic (exact) mass is 396 g/mol. The molecule has 1 unspecified atom stereocenters. The van der Waals surface area contributed by atoms with Gasteiger partial charge in [0.05, 0.1) is 24.5 Å². The Morgan fingerprint density at radius 2 is 1.76 bits per heavy atom. The van der Waals surface area contributed by atoms with Gasteiger partial charge in [0, 0.05) is 24.9 Å². The molecule has 0 bridgehead atoms. The average molecular weight is 396 g/mol. The van der Waals surface area contributed by atoms with Crippen molar-refractivity contribution in [2.45, 2.75) is 33.0 Å². The number of hydrogen-bond donors (Lipinski definition) is 2. The Balaban J connectivity index is 1.86. The molecule has 29 heavy (non-hydrogen) atoms. The van der Waals surface area contributed by atoms with E-state index >= 15 is 0 Å². The second-order valence-electron chi connectivity index (χ2n) is 7.20. The van der Waals surface area contributed by atoms with E-state index in [0.29, 0.717) is 19.2 Å². The van der Waals surface area contributed by atoms with Crippen LogP contribution in [0.4, 0.5) is 5.69 Å². The van der Waals surface area contributed by atoms with Gasteiger partial charge in [0.1, 0.15) is 0 Å². The van der Waals surface area contributed by atoms with Crippen molar-refractivity contribution in [3.63, 3.8) is 0 Å². The molecule has 3 aromatic rings. The lowest BCUT2D eigenvalue weighted by Crippen LogP contribution is -2.24. The minimum absolute atomic E-state index is 0.0122. The van der Waals surface area contributed by atoms with E-state index in [1.165, 1.54) is 5.56 Å². The van der Waals surface area contributed by atoms with Crippen LogP contribution in [0.25, 0.3) is 17.1 Å². The lowest BCUT2D eigenvalue weighted by Gasteiger charge is -2.12. The predicted molar refractivity (Wildman–Crippen MR) is 114 cm³/mol. The summed E-state index contributed by atoms with van der Waals surface area (Å²) in [5.74, 6) is 0.719. The van der Waals surface area contributed by atoms with E-state index in [2.05, 4.69) is 34.5 Å². The van der Waals surface area contributed by atoms with Gasteiger partial charge in [-0.2, -0.15) is 4.98 Å². The van der Waals surface area contributed by atoms with Gasteiger partial charge in [0.15, 0.2) is 5.82 Å². The van der Waals surface area contributed by atoms with Gasteiger partial charge in [-0.25, -0.2) is 4.68 Å². The number of aliphatic hydroxyl groups excluding tert-OH is 1. The zero-order chi connectivity index (χ0) is 20.8. The molecule has 154 valence electrons. The van der Waals surface area contributed by atoms with Crippen LogP contribution in [0.1, 0.15) is 19.4 Å². The summed E-state index contributed by atoms with van der Waals surface area (Å²) in [5, 5.41) is 17.5. The largest absolute Gasteiger partial charge is 0.460 e. The van der Waals surface area contributed by atoms with Crippen molar-refractivity contribution < 1.29 is 14.6 Å². The van der Waals surface area contributed by atoms with Crippen molar-refractivity contribution >= 4 is 5.69 Å². The maximum Gasteiger partial charge on any atom is 0.336 e. The van der Waals surface area contributed by atoms with Gasteiger partial charge >= 0.3 is 6.01 Å². The second-order valence-corrected chi connectivity index (χ2v) is 7.20. The number of ether oxygens (including phenoxy) is 2. The Morgan fingerprint density at radius 1 is 1.07 bits per heavy atom. The second kappa shape index (κ2) is 9.54. The minimum Gasteiger partial charge on any atom is -0.460 e. The van der Waals surface area contributed by atoms with E-state index in [-0.39, 0.29) is 6.10 Å². The molecule has 0 spiro atoms. The van der Waals surface area contributed by atoms with Crippen LogP contribution in [-0.4, -0.2) is 52.3 Å². The molecule has 1 heterocycles. The first-order chi connectivity index (χ1) is 14.0. The van der Waals surface area contributed by atoms with Crippen molar-refractivity contribution in [1.29, 1.82) is 0 Å². The van der Waals surface area contributed by atoms with E-state index in [4.69, 9.17) is 9.47 Å². The minimum atomic E-state index is -0.557. The summed E-state index contributed by atoms with van der Waals surface area (Å²) in [5.41, 5.74) is 3.92. The fourth-order valence-corrected chi connectivity index (χ4v) is 2.83. The maximum atomic E-state index is 9.78. The zero-order valence-electron chi connectivity index (χ0n) is 17.3. The summed E-state index contributed by atoms with van der Waals surface area (Å²) in [7, 11) is 1.57. The van der Waals surface area contributed by atoms with Crippen LogP contribution in [0.15, 0.2) is 48.5 Å². The first-order valence-corrected chi connectivity index (χ1v) is 9.68. The van der Waals surface area contributed by atoms with E-state index in [1.54, 1.807) is 11.8 Å². The third-order valence-electron chi connectivity index (χ3n) is 4.25. The van der Waals surface area contributed by atoms with Crippen LogP contribution in [0.5, 0.6) is 6.01 Å². The van der Waals surface area contributed by atoms with Crippen molar-refractivity contribution in [2.75, 3.05) is 25.6 Å². The smallest absolute Gasteiger partial charge is 0.336 e. The molecule has 0 aliphatic heterocycles. The molecule has 7 nitrogen and oxygen atoms in total. The Morgan fingerprint density at radius 3 is 2.38 bits per heavy atom. The summed E-state index contributed by atoms with van der Waals surface area (Å²) < 4.78 is 12.4. The van der Waals surface area contributed by atoms with E-state index in [1.807, 2.05) is 50.2 Å². The molecular weight excluding hydrogens is 368 g/mol. The quantitative estimate of drug-likeness (QED) is 0.577. The SMILES string of the molecule is COCC(O)CNc1ccc(-n2nc(OC(C)C)nc2-c2ccc(C)cc2)cc1. The maximum absolute atomic E-state index is 9.78. The van der Waals surface area contributed by atoms with E-state index < -0.39 is 6.10 Å². The van der Waals surface area contributed by atoms with Crippen LogP contribution in [-0.2, 0) is 4.74 Å². The zero-order valence-corrected chi connectivity index (χ0v) is 17.3. The molecule has 0 aliphatic rings. The van der Waals surface area contributed by atoms with Gasteiger partial charge in [-0.3, -0.25) is 0 Å². The summed E-state index contributed by atoms with van der Waals surface area (Å²) in [6.07, 6.45) is -0.569. The van der Waals surface area contributed by atoms with E-state index in [9.17, 15) is 5.11 Å². The third-order valence-corrected chi connectivity index (χ3v) is 4.25. The standard InChI is InChI=1S/C22H28N4O3/c1-15(2)29-22-24-21(17-7-5-16(3)6-8-17)26(25-22)19-11-9-18(10-12-19)23-13-20(27)14-28-4/h5-12,15,20,23,27H,13-14H2,1-4H3. The fraction of sp³-hybridized carbons (Fsp3) is 0.364. The molecule has 7 heteroatoms. The number of benzene rings is 2. The van der Waals surface area contributed by atoms with E-state index in [0.717, 1.165) is 22.8 Å². The Labute approximate surface area is 171 Å². The number of nitrogens with zero attached hydrogens (tertiary/aromatic N) is 3. The Kier molecular flexibility index (Phi) is 6.85. The highest BCUT2D eigenvalue weighted by molar-refractivity contribution is 5.60. The molecule has 1 atom stereocenters. The number of aliphatic hydroxyl groups is 1. The first-order valence-electron chi connectivity index (χ1n) is 9.68. The van der Waals surface area contributed by atoms with Gasteiger partial charge in [0.25, 0.3) is 0 Å². The van der Waals surface area contributed by atoms with Crippen molar-refractivity contribution in [2.24, 2.45) is 0 Å². The molecular formula is C22H28N4O3. The molecule has 0 radical (unpaired) electrons. The first kappa shape index (κ1) is 20.8. The Hall–Kier alpha value is -2.90. The molecule has 3 rings (SSSR count). The summed E-state index contributed by atoms with van der Waals surface area (Å²) in [6, 6.07) is 16.3. The lowest BCUT2D eigenvalue weighted by atomic mass is 10.1. The van der Waals surface area contributed by atoms with Crippen molar-refractivity contribution in [1.82, 2.24) is 14.8 Å². The molecule has 0 aliphatic carbocycles. The van der Waals surface area contributed by atoms with Crippen LogP contribution < -0.4 is 10.1 Å². The molecule has 1 aromatic heterocycles. The van der Waals surface area contributed by atoms with Gasteiger partial charge in [-0.1, -0.05) is 29.8 Å². The Bertz CT molecular complexity index is 905. The number of anilines is 1. The number of rotatable bonds is 9. The summed E-state index contributed by atoms with van der Waals surface area (Å²) in [4.78, 5) is 4.60. The number of nitrogens with one attached hydrogen (secondary N) is 1. The molecule has 0 fully saturated rings. The highest BCUT2D eigenvalue weighted by Crippen LogP contribution is 2.25. The van der Waals surface area contributed by atoms with Crippen molar-refractivity contribution in [3.8, 4) is 23.1 Å². The number of aromatic nitrogens is 3. The molecule has 0 saturated carbocycles. The van der Waals surface area contributed by atoms with Gasteiger partial charge < -0.3 is 19.9 Å². The summed E-state index contributed by atoms with van der Waals surface area (Å²) in [6.45, 7) is 6.66. The average Bonchev–Trinajstić information content (AvgIpc) is 3.10. The molecule has 0 saturated heterocycles. The highest BCUT2D eigenvalue weighted by Gasteiger charge is 2.15. The predicted octanol–water partition coefficient (Wildman–Crippen LogP) is 3.45. The van der Waals surface area contributed by atoms with Crippen LogP contribution in [0.3, 0.4) is 0 Å². The van der Waals surface area contributed by atoms with Gasteiger partial charge in [-0.05, 0) is 45.0 Å². The van der Waals surface area contributed by atoms with Crippen LogP contribution in [0.2, 0.25) is 0 Å². The van der Waals surface area contributed by atoms with Crippen LogP contribution in [0, 0.1) is 6.92 Å². The van der Waals surface area contributed by atoms with Gasteiger partial charge in [0.2, 0.25) is 0 Å². The third kappa shape index (κ3) is 5.56. The fourth-order valence-electron chi connectivity index (χ4n) is 2.83.